The summed E-state index contributed by atoms with van der Waals surface area (Å²) in [7, 11) is 0. The number of rotatable bonds is 4. The number of nitrogens with zero attached hydrogens (tertiary/aromatic N) is 2. The summed E-state index contributed by atoms with van der Waals surface area (Å²) in [6.45, 7) is 4.67. The number of carbonyl (C=O) groups excluding carboxylic acids is 1. The van der Waals surface area contributed by atoms with Crippen LogP contribution in [0, 0.1) is 6.92 Å². The fraction of sp³-hybridized carbons (Fsp3) is 0.158. The molecule has 23 heavy (non-hydrogen) atoms. The second kappa shape index (κ2) is 6.48. The molecule has 4 nitrogen and oxygen atoms in total. The number of nitrogens with one attached hydrogen (secondary N) is 1. The van der Waals surface area contributed by atoms with Crippen LogP contribution in [0.3, 0.4) is 0 Å². The molecular formula is C19H19N3O. The Balaban J connectivity index is 1.75. The van der Waals surface area contributed by atoms with E-state index in [2.05, 4.69) is 22.5 Å². The molecule has 0 fully saturated rings. The Morgan fingerprint density at radius 1 is 1.04 bits per heavy atom. The average molecular weight is 305 g/mol. The number of hydrogen-bond acceptors (Lipinski definition) is 2. The Bertz CT molecular complexity index is 804. The number of benzene rings is 2. The number of carbonyl (C=O) groups is 1. The zero-order valence-corrected chi connectivity index (χ0v) is 13.3. The number of aromatic nitrogens is 2. The highest BCUT2D eigenvalue weighted by Crippen LogP contribution is 2.21. The van der Waals surface area contributed by atoms with E-state index < -0.39 is 0 Å². The summed E-state index contributed by atoms with van der Waals surface area (Å²) in [5.41, 5.74) is 4.55. The van der Waals surface area contributed by atoms with Crippen molar-refractivity contribution in [3.63, 3.8) is 0 Å². The number of amides is 1. The summed E-state index contributed by atoms with van der Waals surface area (Å²) < 4.78 is 1.81. The van der Waals surface area contributed by atoms with E-state index in [-0.39, 0.29) is 5.91 Å². The van der Waals surface area contributed by atoms with Crippen molar-refractivity contribution in [2.45, 2.75) is 20.4 Å². The minimum atomic E-state index is -0.130. The van der Waals surface area contributed by atoms with Gasteiger partial charge in [-0.05, 0) is 37.1 Å². The van der Waals surface area contributed by atoms with Crippen LogP contribution < -0.4 is 5.32 Å². The monoisotopic (exact) mass is 305 g/mol. The maximum absolute atomic E-state index is 12.4. The van der Waals surface area contributed by atoms with E-state index in [0.717, 1.165) is 29.1 Å². The van der Waals surface area contributed by atoms with Gasteiger partial charge >= 0.3 is 0 Å². The minimum absolute atomic E-state index is 0.130. The Morgan fingerprint density at radius 2 is 1.70 bits per heavy atom. The van der Waals surface area contributed by atoms with E-state index in [1.54, 1.807) is 6.20 Å². The summed E-state index contributed by atoms with van der Waals surface area (Å²) in [6.07, 6.45) is 1.62. The molecule has 0 aliphatic heterocycles. The molecule has 1 aromatic heterocycles. The average Bonchev–Trinajstić information content (AvgIpc) is 2.97. The zero-order chi connectivity index (χ0) is 16.2. The van der Waals surface area contributed by atoms with E-state index in [4.69, 9.17) is 0 Å². The van der Waals surface area contributed by atoms with Gasteiger partial charge in [0.15, 0.2) is 0 Å². The van der Waals surface area contributed by atoms with E-state index in [1.807, 2.05) is 61.0 Å². The molecule has 2 aromatic carbocycles. The van der Waals surface area contributed by atoms with Gasteiger partial charge in [-0.1, -0.05) is 42.5 Å². The van der Waals surface area contributed by atoms with Crippen LogP contribution in [0.2, 0.25) is 0 Å². The lowest BCUT2D eigenvalue weighted by molar-refractivity contribution is 0.102. The van der Waals surface area contributed by atoms with E-state index >= 15 is 0 Å². The lowest BCUT2D eigenvalue weighted by Gasteiger charge is -2.07. The number of hydrogen-bond donors (Lipinski definition) is 1. The first kappa shape index (κ1) is 15.0. The number of aryl methyl sites for hydroxylation is 1. The largest absolute Gasteiger partial charge is 0.322 e. The standard InChI is InChI=1S/C19H19N3O/c1-3-22-14(2)18(13-20-22)19(23)21-17-11-9-16(10-12-17)15-7-5-4-6-8-15/h4-13H,3H2,1-2H3,(H,21,23). The summed E-state index contributed by atoms with van der Waals surface area (Å²) in [5.74, 6) is -0.130. The first-order chi connectivity index (χ1) is 11.2. The van der Waals surface area contributed by atoms with Crippen molar-refractivity contribution in [3.05, 3.63) is 72.1 Å². The van der Waals surface area contributed by atoms with Crippen molar-refractivity contribution in [2.75, 3.05) is 5.32 Å². The van der Waals surface area contributed by atoms with Crippen LogP contribution >= 0.6 is 0 Å². The van der Waals surface area contributed by atoms with Gasteiger partial charge in [0.25, 0.3) is 5.91 Å². The third-order valence-electron chi connectivity index (χ3n) is 3.90. The van der Waals surface area contributed by atoms with E-state index in [0.29, 0.717) is 5.56 Å². The van der Waals surface area contributed by atoms with Crippen molar-refractivity contribution >= 4 is 11.6 Å². The van der Waals surface area contributed by atoms with Crippen molar-refractivity contribution in [2.24, 2.45) is 0 Å². The lowest BCUT2D eigenvalue weighted by atomic mass is 10.1. The first-order valence-electron chi connectivity index (χ1n) is 7.68. The van der Waals surface area contributed by atoms with Gasteiger partial charge in [0.05, 0.1) is 11.8 Å². The minimum Gasteiger partial charge on any atom is -0.322 e. The maximum Gasteiger partial charge on any atom is 0.259 e. The van der Waals surface area contributed by atoms with Crippen LogP contribution in [0.25, 0.3) is 11.1 Å². The molecule has 4 heteroatoms. The van der Waals surface area contributed by atoms with Crippen LogP contribution in [0.4, 0.5) is 5.69 Å². The molecule has 3 rings (SSSR count). The third kappa shape index (κ3) is 3.16. The second-order valence-electron chi connectivity index (χ2n) is 5.36. The van der Waals surface area contributed by atoms with E-state index in [9.17, 15) is 4.79 Å². The van der Waals surface area contributed by atoms with Crippen LogP contribution in [-0.4, -0.2) is 15.7 Å². The van der Waals surface area contributed by atoms with Gasteiger partial charge in [0.2, 0.25) is 0 Å². The molecule has 0 radical (unpaired) electrons. The van der Waals surface area contributed by atoms with Gasteiger partial charge in [-0.25, -0.2) is 0 Å². The Hall–Kier alpha value is -2.88. The van der Waals surface area contributed by atoms with Crippen LogP contribution in [0.1, 0.15) is 23.0 Å². The Kier molecular flexibility index (Phi) is 4.24. The highest BCUT2D eigenvalue weighted by Gasteiger charge is 2.13. The second-order valence-corrected chi connectivity index (χ2v) is 5.36. The molecule has 116 valence electrons. The van der Waals surface area contributed by atoms with E-state index in [1.165, 1.54) is 0 Å². The van der Waals surface area contributed by atoms with Crippen LogP contribution in [-0.2, 0) is 6.54 Å². The highest BCUT2D eigenvalue weighted by molar-refractivity contribution is 6.04. The summed E-state index contributed by atoms with van der Waals surface area (Å²) in [5, 5.41) is 7.13. The molecule has 0 saturated carbocycles. The molecule has 0 atom stereocenters. The molecule has 0 aliphatic carbocycles. The SMILES string of the molecule is CCn1ncc(C(=O)Nc2ccc(-c3ccccc3)cc2)c1C. The molecular weight excluding hydrogens is 286 g/mol. The smallest absolute Gasteiger partial charge is 0.259 e. The fourth-order valence-corrected chi connectivity index (χ4v) is 2.56. The van der Waals surface area contributed by atoms with Gasteiger partial charge in [0.1, 0.15) is 0 Å². The van der Waals surface area contributed by atoms with Gasteiger partial charge in [0, 0.05) is 17.9 Å². The predicted octanol–water partition coefficient (Wildman–Crippen LogP) is 4.13. The van der Waals surface area contributed by atoms with Gasteiger partial charge in [-0.3, -0.25) is 9.48 Å². The molecule has 1 N–H and O–H groups in total. The lowest BCUT2D eigenvalue weighted by Crippen LogP contribution is -2.13. The van der Waals surface area contributed by atoms with Gasteiger partial charge < -0.3 is 5.32 Å². The van der Waals surface area contributed by atoms with Gasteiger partial charge in [-0.2, -0.15) is 5.10 Å². The van der Waals surface area contributed by atoms with Crippen molar-refractivity contribution in [3.8, 4) is 11.1 Å². The highest BCUT2D eigenvalue weighted by atomic mass is 16.1. The quantitative estimate of drug-likeness (QED) is 0.787. The summed E-state index contributed by atoms with van der Waals surface area (Å²) in [6, 6.07) is 18.0. The fourth-order valence-electron chi connectivity index (χ4n) is 2.56. The van der Waals surface area contributed by atoms with Crippen LogP contribution in [0.15, 0.2) is 60.8 Å². The molecule has 0 spiro atoms. The van der Waals surface area contributed by atoms with Gasteiger partial charge in [-0.15, -0.1) is 0 Å². The molecule has 0 aliphatic rings. The normalized spacial score (nSPS) is 10.5. The molecule has 1 amide bonds. The van der Waals surface area contributed by atoms with Crippen molar-refractivity contribution < 1.29 is 4.79 Å². The maximum atomic E-state index is 12.4. The molecule has 0 saturated heterocycles. The third-order valence-corrected chi connectivity index (χ3v) is 3.90. The molecule has 3 aromatic rings. The topological polar surface area (TPSA) is 46.9 Å². The number of anilines is 1. The van der Waals surface area contributed by atoms with Crippen molar-refractivity contribution in [1.82, 2.24) is 9.78 Å². The molecule has 1 heterocycles. The van der Waals surface area contributed by atoms with Crippen molar-refractivity contribution in [1.29, 1.82) is 0 Å². The Labute approximate surface area is 135 Å². The van der Waals surface area contributed by atoms with Crippen LogP contribution in [0.5, 0.6) is 0 Å². The molecule has 0 unspecified atom stereocenters. The first-order valence-corrected chi connectivity index (χ1v) is 7.68. The predicted molar refractivity (Wildman–Crippen MR) is 92.5 cm³/mol. The Morgan fingerprint density at radius 3 is 2.30 bits per heavy atom. The summed E-state index contributed by atoms with van der Waals surface area (Å²) >= 11 is 0. The summed E-state index contributed by atoms with van der Waals surface area (Å²) in [4.78, 5) is 12.4. The molecule has 0 bridgehead atoms. The zero-order valence-electron chi connectivity index (χ0n) is 13.3.